The predicted molar refractivity (Wildman–Crippen MR) is 109 cm³/mol. The van der Waals surface area contributed by atoms with E-state index in [2.05, 4.69) is 0 Å². The van der Waals surface area contributed by atoms with Gasteiger partial charge in [-0.1, -0.05) is 17.7 Å². The summed E-state index contributed by atoms with van der Waals surface area (Å²) >= 11 is 5.95. The molecule has 29 heavy (non-hydrogen) atoms. The van der Waals surface area contributed by atoms with Crippen molar-refractivity contribution in [2.24, 2.45) is 0 Å². The van der Waals surface area contributed by atoms with Gasteiger partial charge in [0.2, 0.25) is 11.2 Å². The van der Waals surface area contributed by atoms with Gasteiger partial charge in [-0.25, -0.2) is 9.18 Å². The van der Waals surface area contributed by atoms with Gasteiger partial charge in [-0.2, -0.15) is 0 Å². The molecule has 6 heteroatoms. The topological polar surface area (TPSA) is 56.5 Å². The molecule has 0 fully saturated rings. The maximum absolute atomic E-state index is 13.1. The molecule has 0 saturated heterocycles. The predicted octanol–water partition coefficient (Wildman–Crippen LogP) is 5.78. The quantitative estimate of drug-likeness (QED) is 0.403. The molecule has 0 amide bonds. The number of esters is 1. The molecule has 4 rings (SSSR count). The van der Waals surface area contributed by atoms with Crippen LogP contribution >= 0.6 is 11.6 Å². The molecular formula is C23H14ClFO4. The molecule has 3 aromatic carbocycles. The van der Waals surface area contributed by atoms with E-state index in [1.165, 1.54) is 12.1 Å². The van der Waals surface area contributed by atoms with Crippen LogP contribution in [0.25, 0.3) is 22.3 Å². The number of ether oxygens (including phenoxy) is 1. The number of hydrogen-bond donors (Lipinski definition) is 0. The Hall–Kier alpha value is -3.44. The average molecular weight is 409 g/mol. The number of carbonyl (C=O) groups excluding carboxylic acids is 1. The molecule has 1 aromatic heterocycles. The Bertz CT molecular complexity index is 1280. The van der Waals surface area contributed by atoms with E-state index < -0.39 is 17.2 Å². The van der Waals surface area contributed by atoms with Gasteiger partial charge in [0, 0.05) is 10.6 Å². The summed E-state index contributed by atoms with van der Waals surface area (Å²) in [7, 11) is 0. The summed E-state index contributed by atoms with van der Waals surface area (Å²) in [6.45, 7) is 1.88. The molecule has 0 aliphatic rings. The average Bonchev–Trinajstić information content (AvgIpc) is 2.71. The Morgan fingerprint density at radius 1 is 1.00 bits per heavy atom. The van der Waals surface area contributed by atoms with Crippen LogP contribution in [0.3, 0.4) is 0 Å². The van der Waals surface area contributed by atoms with Gasteiger partial charge in [-0.15, -0.1) is 0 Å². The minimum absolute atomic E-state index is 0.108. The lowest BCUT2D eigenvalue weighted by molar-refractivity contribution is 0.0731. The summed E-state index contributed by atoms with van der Waals surface area (Å²) in [6, 6.07) is 16.6. The number of carbonyl (C=O) groups is 1. The summed E-state index contributed by atoms with van der Waals surface area (Å²) in [5.41, 5.74) is 1.45. The second-order valence-electron chi connectivity index (χ2n) is 6.49. The first-order chi connectivity index (χ1) is 13.9. The van der Waals surface area contributed by atoms with Crippen LogP contribution in [-0.4, -0.2) is 5.97 Å². The van der Waals surface area contributed by atoms with E-state index in [9.17, 15) is 14.0 Å². The largest absolute Gasteiger partial charge is 0.452 e. The molecule has 0 bridgehead atoms. The first kappa shape index (κ1) is 18.9. The molecule has 4 nitrogen and oxygen atoms in total. The second kappa shape index (κ2) is 7.53. The Kier molecular flexibility index (Phi) is 4.91. The van der Waals surface area contributed by atoms with Gasteiger partial charge < -0.3 is 9.15 Å². The van der Waals surface area contributed by atoms with E-state index in [0.717, 1.165) is 17.7 Å². The number of hydrogen-bond acceptors (Lipinski definition) is 4. The van der Waals surface area contributed by atoms with Gasteiger partial charge in [0.05, 0.1) is 10.9 Å². The molecule has 0 unspecified atom stereocenters. The van der Waals surface area contributed by atoms with Crippen molar-refractivity contribution in [1.82, 2.24) is 0 Å². The molecule has 0 N–H and O–H groups in total. The van der Waals surface area contributed by atoms with Crippen LogP contribution < -0.4 is 10.2 Å². The molecule has 0 saturated carbocycles. The number of rotatable bonds is 3. The third-order valence-electron chi connectivity index (χ3n) is 4.39. The Balaban J connectivity index is 1.89. The minimum atomic E-state index is -0.793. The van der Waals surface area contributed by atoms with E-state index in [-0.39, 0.29) is 22.5 Å². The normalized spacial score (nSPS) is 10.9. The molecule has 0 aliphatic carbocycles. The Morgan fingerprint density at radius 3 is 2.38 bits per heavy atom. The highest BCUT2D eigenvalue weighted by molar-refractivity contribution is 6.30. The zero-order valence-corrected chi connectivity index (χ0v) is 16.0. The molecule has 1 heterocycles. The zero-order chi connectivity index (χ0) is 20.5. The molecule has 0 spiro atoms. The third kappa shape index (κ3) is 3.77. The fourth-order valence-electron chi connectivity index (χ4n) is 2.90. The van der Waals surface area contributed by atoms with Crippen LogP contribution in [0, 0.1) is 12.7 Å². The maximum atomic E-state index is 13.1. The smallest absolute Gasteiger partial charge is 0.343 e. The zero-order valence-electron chi connectivity index (χ0n) is 15.2. The van der Waals surface area contributed by atoms with Crippen molar-refractivity contribution in [1.29, 1.82) is 0 Å². The van der Waals surface area contributed by atoms with Crippen LogP contribution in [-0.2, 0) is 0 Å². The summed E-state index contributed by atoms with van der Waals surface area (Å²) < 4.78 is 24.5. The fraction of sp³-hybridized carbons (Fsp3) is 0.0435. The van der Waals surface area contributed by atoms with E-state index >= 15 is 0 Å². The maximum Gasteiger partial charge on any atom is 0.343 e. The van der Waals surface area contributed by atoms with Gasteiger partial charge in [-0.05, 0) is 73.2 Å². The van der Waals surface area contributed by atoms with E-state index in [0.29, 0.717) is 16.2 Å². The van der Waals surface area contributed by atoms with Crippen molar-refractivity contribution in [3.05, 3.63) is 98.9 Å². The number of halogens is 2. The lowest BCUT2D eigenvalue weighted by Crippen LogP contribution is -2.16. The highest BCUT2D eigenvalue weighted by atomic mass is 35.5. The summed E-state index contributed by atoms with van der Waals surface area (Å²) in [5.74, 6) is -1.40. The first-order valence-corrected chi connectivity index (χ1v) is 9.11. The molecule has 0 atom stereocenters. The van der Waals surface area contributed by atoms with Crippen LogP contribution in [0.5, 0.6) is 5.75 Å². The number of fused-ring (bicyclic) bond motifs is 1. The van der Waals surface area contributed by atoms with Crippen LogP contribution in [0.1, 0.15) is 15.9 Å². The van der Waals surface area contributed by atoms with Crippen molar-refractivity contribution < 1.29 is 18.3 Å². The standard InChI is InChI=1S/C23H14ClFO4/c1-13-2-11-18-19(12-13)28-21(14-3-7-16(24)8-4-14)22(20(18)26)29-23(27)15-5-9-17(25)10-6-15/h2-12H,1H3. The highest BCUT2D eigenvalue weighted by Gasteiger charge is 2.21. The van der Waals surface area contributed by atoms with E-state index in [1.54, 1.807) is 42.5 Å². The lowest BCUT2D eigenvalue weighted by atomic mass is 10.1. The van der Waals surface area contributed by atoms with Gasteiger partial charge >= 0.3 is 5.97 Å². The number of aryl methyl sites for hydroxylation is 1. The molecule has 0 radical (unpaired) electrons. The second-order valence-corrected chi connectivity index (χ2v) is 6.93. The lowest BCUT2D eigenvalue weighted by Gasteiger charge is -2.11. The van der Waals surface area contributed by atoms with Crippen molar-refractivity contribution in [3.8, 4) is 17.1 Å². The van der Waals surface area contributed by atoms with Gasteiger partial charge in [-0.3, -0.25) is 4.79 Å². The monoisotopic (exact) mass is 408 g/mol. The van der Waals surface area contributed by atoms with Crippen molar-refractivity contribution in [2.45, 2.75) is 6.92 Å². The number of benzene rings is 3. The molecule has 0 aliphatic heterocycles. The SMILES string of the molecule is Cc1ccc2c(=O)c(OC(=O)c3ccc(F)cc3)c(-c3ccc(Cl)cc3)oc2c1. The van der Waals surface area contributed by atoms with Crippen molar-refractivity contribution in [2.75, 3.05) is 0 Å². The molecular weight excluding hydrogens is 395 g/mol. The minimum Gasteiger partial charge on any atom is -0.452 e. The van der Waals surface area contributed by atoms with Gasteiger partial charge in [0.15, 0.2) is 5.76 Å². The Morgan fingerprint density at radius 2 is 1.69 bits per heavy atom. The Labute approximate surface area is 170 Å². The van der Waals surface area contributed by atoms with E-state index in [4.69, 9.17) is 20.8 Å². The van der Waals surface area contributed by atoms with Crippen molar-refractivity contribution in [3.63, 3.8) is 0 Å². The summed E-state index contributed by atoms with van der Waals surface area (Å²) in [5, 5.41) is 0.799. The first-order valence-electron chi connectivity index (χ1n) is 8.73. The van der Waals surface area contributed by atoms with E-state index in [1.807, 2.05) is 6.92 Å². The third-order valence-corrected chi connectivity index (χ3v) is 4.64. The van der Waals surface area contributed by atoms with Crippen LogP contribution in [0.15, 0.2) is 75.9 Å². The molecule has 4 aromatic rings. The fourth-order valence-corrected chi connectivity index (χ4v) is 3.03. The van der Waals surface area contributed by atoms with Crippen LogP contribution in [0.4, 0.5) is 4.39 Å². The van der Waals surface area contributed by atoms with Crippen molar-refractivity contribution >= 4 is 28.5 Å². The molecule has 144 valence electrons. The highest BCUT2D eigenvalue weighted by Crippen LogP contribution is 2.32. The van der Waals surface area contributed by atoms with Gasteiger partial charge in [0.1, 0.15) is 11.4 Å². The van der Waals surface area contributed by atoms with Crippen LogP contribution in [0.2, 0.25) is 5.02 Å². The summed E-state index contributed by atoms with van der Waals surface area (Å²) in [6.07, 6.45) is 0. The summed E-state index contributed by atoms with van der Waals surface area (Å²) in [4.78, 5) is 25.7. The van der Waals surface area contributed by atoms with Gasteiger partial charge in [0.25, 0.3) is 0 Å².